The van der Waals surface area contributed by atoms with Crippen molar-refractivity contribution < 1.29 is 13.2 Å². The average molecular weight is 537 g/mol. The average Bonchev–Trinajstić information content (AvgIpc) is 3.03. The second-order valence-corrected chi connectivity index (χ2v) is 6.91. The zero-order chi connectivity index (χ0) is 21.0. The summed E-state index contributed by atoms with van der Waals surface area (Å²) in [6, 6.07) is 5.34. The number of aromatic nitrogens is 3. The first-order chi connectivity index (χ1) is 13.8. The number of benzene rings is 1. The monoisotopic (exact) mass is 537 g/mol. The van der Waals surface area contributed by atoms with E-state index >= 15 is 0 Å². The molecule has 1 aliphatic heterocycles. The van der Waals surface area contributed by atoms with Crippen molar-refractivity contribution in [2.45, 2.75) is 26.6 Å². The van der Waals surface area contributed by atoms with Crippen molar-refractivity contribution >= 4 is 35.6 Å². The molecule has 1 aliphatic rings. The second kappa shape index (κ2) is 10.3. The maximum Gasteiger partial charge on any atom is 0.416 e. The predicted octanol–water partition coefficient (Wildman–Crippen LogP) is 3.05. The summed E-state index contributed by atoms with van der Waals surface area (Å²) in [4.78, 5) is 8.93. The van der Waals surface area contributed by atoms with Gasteiger partial charge in [-0.2, -0.15) is 13.2 Å². The first-order valence-electron chi connectivity index (χ1n) is 9.60. The van der Waals surface area contributed by atoms with E-state index in [0.29, 0.717) is 19.6 Å². The van der Waals surface area contributed by atoms with Crippen LogP contribution in [0.5, 0.6) is 0 Å². The molecule has 1 N–H and O–H groups in total. The summed E-state index contributed by atoms with van der Waals surface area (Å²) in [5, 5.41) is 11.5. The van der Waals surface area contributed by atoms with Crippen LogP contribution in [0, 0.1) is 6.92 Å². The van der Waals surface area contributed by atoms with Gasteiger partial charge >= 0.3 is 6.18 Å². The largest absolute Gasteiger partial charge is 0.416 e. The number of aliphatic imine (C=N–C) groups is 1. The third kappa shape index (κ3) is 5.76. The van der Waals surface area contributed by atoms with Crippen LogP contribution in [-0.2, 0) is 19.8 Å². The van der Waals surface area contributed by atoms with E-state index < -0.39 is 11.7 Å². The quantitative estimate of drug-likeness (QED) is 0.369. The molecule has 1 saturated heterocycles. The van der Waals surface area contributed by atoms with Crippen LogP contribution in [0.3, 0.4) is 0 Å². The number of anilines is 1. The minimum Gasteiger partial charge on any atom is -0.368 e. The van der Waals surface area contributed by atoms with Gasteiger partial charge in [0.1, 0.15) is 12.4 Å². The molecule has 166 valence electrons. The van der Waals surface area contributed by atoms with Gasteiger partial charge in [0.05, 0.1) is 5.56 Å². The van der Waals surface area contributed by atoms with Crippen LogP contribution in [0.1, 0.15) is 24.1 Å². The Morgan fingerprint density at radius 1 is 1.10 bits per heavy atom. The highest BCUT2D eigenvalue weighted by Gasteiger charge is 2.30. The van der Waals surface area contributed by atoms with E-state index in [1.165, 1.54) is 12.1 Å². The van der Waals surface area contributed by atoms with Crippen LogP contribution in [0.25, 0.3) is 0 Å². The summed E-state index contributed by atoms with van der Waals surface area (Å²) in [6.45, 7) is 7.95. The van der Waals surface area contributed by atoms with Gasteiger partial charge in [-0.05, 0) is 38.1 Å². The fourth-order valence-corrected chi connectivity index (χ4v) is 3.20. The van der Waals surface area contributed by atoms with Gasteiger partial charge in [-0.1, -0.05) is 0 Å². The van der Waals surface area contributed by atoms with Gasteiger partial charge in [0, 0.05) is 45.5 Å². The van der Waals surface area contributed by atoms with Crippen molar-refractivity contribution in [1.82, 2.24) is 25.0 Å². The molecule has 0 bridgehead atoms. The minimum absolute atomic E-state index is 0. The molecule has 2 aromatic rings. The Bertz CT molecular complexity index is 841. The summed E-state index contributed by atoms with van der Waals surface area (Å²) in [6.07, 6.45) is -4.31. The molecule has 0 radical (unpaired) electrons. The topological polar surface area (TPSA) is 61.6 Å². The van der Waals surface area contributed by atoms with Gasteiger partial charge in [-0.25, -0.2) is 4.99 Å². The highest BCUT2D eigenvalue weighted by molar-refractivity contribution is 14.0. The van der Waals surface area contributed by atoms with E-state index in [1.54, 1.807) is 0 Å². The van der Waals surface area contributed by atoms with Crippen molar-refractivity contribution in [2.24, 2.45) is 12.0 Å². The maximum absolute atomic E-state index is 12.7. The lowest BCUT2D eigenvalue weighted by Gasteiger charge is -2.37. The second-order valence-electron chi connectivity index (χ2n) is 6.91. The van der Waals surface area contributed by atoms with Gasteiger partial charge in [-0.15, -0.1) is 34.2 Å². The minimum atomic E-state index is -4.31. The maximum atomic E-state index is 12.7. The third-order valence-electron chi connectivity index (χ3n) is 5.03. The van der Waals surface area contributed by atoms with E-state index in [-0.39, 0.29) is 24.0 Å². The molecule has 0 amide bonds. The molecule has 1 aromatic carbocycles. The Kier molecular flexibility index (Phi) is 8.33. The Morgan fingerprint density at radius 3 is 2.23 bits per heavy atom. The number of hydrogen-bond acceptors (Lipinski definition) is 4. The van der Waals surface area contributed by atoms with Crippen LogP contribution in [0.15, 0.2) is 29.3 Å². The Balaban J connectivity index is 0.00000320. The van der Waals surface area contributed by atoms with Gasteiger partial charge < -0.3 is 19.7 Å². The smallest absolute Gasteiger partial charge is 0.368 e. The van der Waals surface area contributed by atoms with Crippen LogP contribution < -0.4 is 10.2 Å². The predicted molar refractivity (Wildman–Crippen MR) is 121 cm³/mol. The lowest BCUT2D eigenvalue weighted by molar-refractivity contribution is -0.137. The highest BCUT2D eigenvalue weighted by atomic mass is 127. The van der Waals surface area contributed by atoms with Crippen molar-refractivity contribution in [3.63, 3.8) is 0 Å². The number of hydrogen-bond donors (Lipinski definition) is 1. The lowest BCUT2D eigenvalue weighted by Crippen LogP contribution is -2.52. The summed E-state index contributed by atoms with van der Waals surface area (Å²) >= 11 is 0. The number of nitrogens with one attached hydrogen (secondary N) is 1. The van der Waals surface area contributed by atoms with Gasteiger partial charge in [0.25, 0.3) is 0 Å². The molecule has 0 unspecified atom stereocenters. The first kappa shape index (κ1) is 24.2. The Labute approximate surface area is 191 Å². The fourth-order valence-electron chi connectivity index (χ4n) is 3.20. The standard InChI is InChI=1S/C19H26F3N7.HI/c1-4-23-18(24-13-17-26-25-14(2)27(17)3)29-11-9-28(10-12-29)16-7-5-15(6-8-16)19(20,21)22;/h5-8H,4,9-13H2,1-3H3,(H,23,24);1H. The van der Waals surface area contributed by atoms with Crippen molar-refractivity contribution in [2.75, 3.05) is 37.6 Å². The molecule has 1 fully saturated rings. The number of rotatable bonds is 4. The number of alkyl halides is 3. The molecule has 3 rings (SSSR count). The molecule has 7 nitrogen and oxygen atoms in total. The molecule has 0 spiro atoms. The Morgan fingerprint density at radius 2 is 1.73 bits per heavy atom. The number of guanidine groups is 1. The van der Waals surface area contributed by atoms with Crippen molar-refractivity contribution in [1.29, 1.82) is 0 Å². The fraction of sp³-hybridized carbons (Fsp3) is 0.526. The molecular weight excluding hydrogens is 510 g/mol. The molecule has 0 saturated carbocycles. The number of aryl methyl sites for hydroxylation is 1. The van der Waals surface area contributed by atoms with Gasteiger partial charge in [0.15, 0.2) is 11.8 Å². The zero-order valence-electron chi connectivity index (χ0n) is 17.3. The Hall–Kier alpha value is -2.05. The summed E-state index contributed by atoms with van der Waals surface area (Å²) < 4.78 is 40.1. The van der Waals surface area contributed by atoms with Crippen LogP contribution >= 0.6 is 24.0 Å². The molecule has 11 heteroatoms. The zero-order valence-corrected chi connectivity index (χ0v) is 19.6. The SMILES string of the molecule is CCNC(=NCc1nnc(C)n1C)N1CCN(c2ccc(C(F)(F)F)cc2)CC1.I. The molecule has 1 aromatic heterocycles. The number of halogens is 4. The van der Waals surface area contributed by atoms with E-state index in [4.69, 9.17) is 0 Å². The summed E-state index contributed by atoms with van der Waals surface area (Å²) in [7, 11) is 1.91. The van der Waals surface area contributed by atoms with Gasteiger partial charge in [-0.3, -0.25) is 0 Å². The van der Waals surface area contributed by atoms with Crippen LogP contribution in [0.2, 0.25) is 0 Å². The summed E-state index contributed by atoms with van der Waals surface area (Å²) in [5.74, 6) is 2.44. The van der Waals surface area contributed by atoms with E-state index in [0.717, 1.165) is 55.1 Å². The number of nitrogens with zero attached hydrogens (tertiary/aromatic N) is 6. The molecular formula is C19H27F3IN7. The normalized spacial score (nSPS) is 15.2. The highest BCUT2D eigenvalue weighted by Crippen LogP contribution is 2.30. The van der Waals surface area contributed by atoms with Crippen molar-refractivity contribution in [3.05, 3.63) is 41.5 Å². The van der Waals surface area contributed by atoms with Crippen molar-refractivity contribution in [3.8, 4) is 0 Å². The van der Waals surface area contributed by atoms with Crippen LogP contribution in [0.4, 0.5) is 18.9 Å². The molecule has 30 heavy (non-hydrogen) atoms. The molecule has 0 atom stereocenters. The molecule has 2 heterocycles. The molecule has 0 aliphatic carbocycles. The van der Waals surface area contributed by atoms with E-state index in [2.05, 4.69) is 30.3 Å². The van der Waals surface area contributed by atoms with Gasteiger partial charge in [0.2, 0.25) is 0 Å². The first-order valence-corrected chi connectivity index (χ1v) is 9.60. The lowest BCUT2D eigenvalue weighted by atomic mass is 10.1. The van der Waals surface area contributed by atoms with Crippen LogP contribution in [-0.4, -0.2) is 58.3 Å². The number of piperazine rings is 1. The summed E-state index contributed by atoms with van der Waals surface area (Å²) in [5.41, 5.74) is 0.176. The third-order valence-corrected chi connectivity index (χ3v) is 5.03. The van der Waals surface area contributed by atoms with E-state index in [9.17, 15) is 13.2 Å². The van der Waals surface area contributed by atoms with E-state index in [1.807, 2.05) is 25.5 Å².